The van der Waals surface area contributed by atoms with Crippen molar-refractivity contribution in [3.8, 4) is 11.5 Å². The lowest BCUT2D eigenvalue weighted by Crippen LogP contribution is -2.12. The van der Waals surface area contributed by atoms with Gasteiger partial charge in [0.25, 0.3) is 0 Å². The van der Waals surface area contributed by atoms with Crippen LogP contribution in [0, 0.1) is 0 Å². The quantitative estimate of drug-likeness (QED) is 0.721. The van der Waals surface area contributed by atoms with E-state index in [1.54, 1.807) is 7.11 Å². The molecule has 1 aromatic carbocycles. The average Bonchev–Trinajstić information content (AvgIpc) is 3.24. The fourth-order valence-electron chi connectivity index (χ4n) is 2.88. The second-order valence-corrected chi connectivity index (χ2v) is 5.83. The minimum Gasteiger partial charge on any atom is -0.493 e. The maximum absolute atomic E-state index is 11.1. The number of H-pyrrole nitrogens is 1. The largest absolute Gasteiger partial charge is 0.493 e. The van der Waals surface area contributed by atoms with Gasteiger partial charge in [0.05, 0.1) is 19.4 Å². The zero-order valence-corrected chi connectivity index (χ0v) is 13.5. The molecule has 0 aliphatic heterocycles. The molecular weight excluding hydrogens is 310 g/mol. The fourth-order valence-corrected chi connectivity index (χ4v) is 2.88. The van der Waals surface area contributed by atoms with Gasteiger partial charge in [0.15, 0.2) is 11.5 Å². The van der Waals surface area contributed by atoms with Gasteiger partial charge in [-0.3, -0.25) is 5.10 Å². The maximum atomic E-state index is 11.1. The summed E-state index contributed by atoms with van der Waals surface area (Å²) in [6, 6.07) is 5.72. The zero-order chi connectivity index (χ0) is 16.9. The summed E-state index contributed by atoms with van der Waals surface area (Å²) in [5, 5.41) is 18.6. The van der Waals surface area contributed by atoms with Crippen LogP contribution in [-0.4, -0.2) is 34.5 Å². The van der Waals surface area contributed by atoms with E-state index in [2.05, 4.69) is 15.5 Å². The van der Waals surface area contributed by atoms with Crippen molar-refractivity contribution in [1.29, 1.82) is 0 Å². The monoisotopic (exact) mass is 331 g/mol. The van der Waals surface area contributed by atoms with E-state index in [9.17, 15) is 4.79 Å². The molecule has 1 aromatic heterocycles. The molecule has 3 N–H and O–H groups in total. The number of methoxy groups -OCH3 is 1. The number of aromatic carboxylic acids is 1. The summed E-state index contributed by atoms with van der Waals surface area (Å²) >= 11 is 0. The number of ether oxygens (including phenoxy) is 2. The van der Waals surface area contributed by atoms with E-state index in [1.807, 2.05) is 18.2 Å². The highest BCUT2D eigenvalue weighted by atomic mass is 16.5. The Labute approximate surface area is 140 Å². The Morgan fingerprint density at radius 3 is 2.88 bits per heavy atom. The van der Waals surface area contributed by atoms with E-state index in [0.29, 0.717) is 18.1 Å². The van der Waals surface area contributed by atoms with Gasteiger partial charge in [0.1, 0.15) is 11.4 Å². The molecule has 0 bridgehead atoms. The molecule has 0 amide bonds. The molecule has 7 heteroatoms. The summed E-state index contributed by atoms with van der Waals surface area (Å²) < 4.78 is 11.4. The van der Waals surface area contributed by atoms with Gasteiger partial charge in [0, 0.05) is 6.54 Å². The first-order valence-electron chi connectivity index (χ1n) is 8.01. The Morgan fingerprint density at radius 2 is 2.17 bits per heavy atom. The molecule has 0 spiro atoms. The lowest BCUT2D eigenvalue weighted by atomic mass is 10.2. The number of anilines is 1. The number of hydrogen-bond acceptors (Lipinski definition) is 5. The Morgan fingerprint density at radius 1 is 1.38 bits per heavy atom. The van der Waals surface area contributed by atoms with Crippen LogP contribution >= 0.6 is 0 Å². The van der Waals surface area contributed by atoms with E-state index < -0.39 is 5.97 Å². The third-order valence-electron chi connectivity index (χ3n) is 4.16. The molecular formula is C17H21N3O4. The van der Waals surface area contributed by atoms with Crippen LogP contribution in [0.3, 0.4) is 0 Å². The van der Waals surface area contributed by atoms with Crippen LogP contribution in [0.1, 0.15) is 41.6 Å². The fraction of sp³-hybridized carbons (Fsp3) is 0.412. The summed E-state index contributed by atoms with van der Waals surface area (Å²) in [6.45, 7) is 0.452. The van der Waals surface area contributed by atoms with Crippen LogP contribution in [0.25, 0.3) is 0 Å². The molecule has 128 valence electrons. The Bertz CT molecular complexity index is 708. The number of nitrogens with one attached hydrogen (secondary N) is 2. The summed E-state index contributed by atoms with van der Waals surface area (Å²) in [7, 11) is 1.62. The van der Waals surface area contributed by atoms with Crippen molar-refractivity contribution in [3.63, 3.8) is 0 Å². The van der Waals surface area contributed by atoms with E-state index in [1.165, 1.54) is 19.0 Å². The SMILES string of the molecule is COc1ccc(CNc2[nH]ncc2C(=O)O)cc1OC1CCCC1. The molecule has 1 fully saturated rings. The van der Waals surface area contributed by atoms with Gasteiger partial charge < -0.3 is 19.9 Å². The molecule has 0 unspecified atom stereocenters. The average molecular weight is 331 g/mol. The Hall–Kier alpha value is -2.70. The molecule has 3 rings (SSSR count). The minimum absolute atomic E-state index is 0.117. The van der Waals surface area contributed by atoms with Gasteiger partial charge in [-0.25, -0.2) is 4.79 Å². The molecule has 0 atom stereocenters. The van der Waals surface area contributed by atoms with Crippen molar-refractivity contribution in [3.05, 3.63) is 35.5 Å². The summed E-state index contributed by atoms with van der Waals surface area (Å²) in [5.74, 6) is 0.799. The van der Waals surface area contributed by atoms with Crippen molar-refractivity contribution in [2.75, 3.05) is 12.4 Å². The minimum atomic E-state index is -1.02. The third-order valence-corrected chi connectivity index (χ3v) is 4.16. The molecule has 1 heterocycles. The van der Waals surface area contributed by atoms with Crippen molar-refractivity contribution in [2.24, 2.45) is 0 Å². The predicted octanol–water partition coefficient (Wildman–Crippen LogP) is 3.05. The van der Waals surface area contributed by atoms with Crippen molar-refractivity contribution in [2.45, 2.75) is 38.3 Å². The lowest BCUT2D eigenvalue weighted by Gasteiger charge is -2.17. The smallest absolute Gasteiger partial charge is 0.341 e. The first kappa shape index (κ1) is 16.2. The van der Waals surface area contributed by atoms with E-state index in [4.69, 9.17) is 14.6 Å². The highest BCUT2D eigenvalue weighted by molar-refractivity contribution is 5.92. The number of hydrogen-bond donors (Lipinski definition) is 3. The van der Waals surface area contributed by atoms with Crippen LogP contribution in [0.2, 0.25) is 0 Å². The Balaban J connectivity index is 1.71. The number of carbonyl (C=O) groups is 1. The number of carboxylic acids is 1. The van der Waals surface area contributed by atoms with E-state index >= 15 is 0 Å². The number of rotatable bonds is 7. The molecule has 24 heavy (non-hydrogen) atoms. The van der Waals surface area contributed by atoms with Crippen LogP contribution in [0.4, 0.5) is 5.82 Å². The molecule has 1 aliphatic rings. The van der Waals surface area contributed by atoms with Gasteiger partial charge in [-0.05, 0) is 43.4 Å². The third kappa shape index (κ3) is 3.61. The highest BCUT2D eigenvalue weighted by Crippen LogP contribution is 2.32. The van der Waals surface area contributed by atoms with E-state index in [0.717, 1.165) is 24.2 Å². The normalized spacial score (nSPS) is 14.5. The first-order valence-corrected chi connectivity index (χ1v) is 8.01. The van der Waals surface area contributed by atoms with Gasteiger partial charge in [-0.2, -0.15) is 5.10 Å². The Kier molecular flexibility index (Phi) is 4.88. The molecule has 1 aliphatic carbocycles. The standard InChI is InChI=1S/C17H21N3O4/c1-23-14-7-6-11(8-15(14)24-12-4-2-3-5-12)9-18-16-13(17(21)22)10-19-20-16/h6-8,10,12H,2-5,9H2,1H3,(H,21,22)(H2,18,19,20). The highest BCUT2D eigenvalue weighted by Gasteiger charge is 2.19. The van der Waals surface area contributed by atoms with Crippen LogP contribution in [0.5, 0.6) is 11.5 Å². The van der Waals surface area contributed by atoms with Crippen LogP contribution in [-0.2, 0) is 6.54 Å². The molecule has 7 nitrogen and oxygen atoms in total. The first-order chi connectivity index (χ1) is 11.7. The summed E-state index contributed by atoms with van der Waals surface area (Å²) in [4.78, 5) is 11.1. The second kappa shape index (κ2) is 7.25. The predicted molar refractivity (Wildman–Crippen MR) is 88.8 cm³/mol. The number of aromatic amines is 1. The van der Waals surface area contributed by atoms with Gasteiger partial charge in [-0.1, -0.05) is 6.07 Å². The molecule has 0 radical (unpaired) electrons. The number of nitrogens with zero attached hydrogens (tertiary/aromatic N) is 1. The van der Waals surface area contributed by atoms with Crippen LogP contribution in [0.15, 0.2) is 24.4 Å². The maximum Gasteiger partial charge on any atom is 0.341 e. The van der Waals surface area contributed by atoms with Gasteiger partial charge in [0.2, 0.25) is 0 Å². The number of aromatic nitrogens is 2. The summed E-state index contributed by atoms with van der Waals surface area (Å²) in [6.07, 6.45) is 6.07. The topological polar surface area (TPSA) is 96.5 Å². The molecule has 0 saturated heterocycles. The number of carboxylic acid groups (broad SMARTS) is 1. The lowest BCUT2D eigenvalue weighted by molar-refractivity contribution is 0.0698. The summed E-state index contributed by atoms with van der Waals surface area (Å²) in [5.41, 5.74) is 1.08. The van der Waals surface area contributed by atoms with E-state index in [-0.39, 0.29) is 11.7 Å². The molecule has 1 saturated carbocycles. The number of benzene rings is 1. The van der Waals surface area contributed by atoms with Crippen molar-refractivity contribution in [1.82, 2.24) is 10.2 Å². The molecule has 2 aromatic rings. The zero-order valence-electron chi connectivity index (χ0n) is 13.5. The van der Waals surface area contributed by atoms with Gasteiger partial charge >= 0.3 is 5.97 Å². The van der Waals surface area contributed by atoms with Gasteiger partial charge in [-0.15, -0.1) is 0 Å². The van der Waals surface area contributed by atoms with Crippen molar-refractivity contribution >= 4 is 11.8 Å². The van der Waals surface area contributed by atoms with Crippen LogP contribution < -0.4 is 14.8 Å². The van der Waals surface area contributed by atoms with Crippen molar-refractivity contribution < 1.29 is 19.4 Å². The second-order valence-electron chi connectivity index (χ2n) is 5.83.